The zero-order chi connectivity index (χ0) is 4.50. The van der Waals surface area contributed by atoms with Crippen LogP contribution in [0.3, 0.4) is 0 Å². The first-order valence-corrected chi connectivity index (χ1v) is 2.16. The monoisotopic (exact) mass is 125 g/mol. The van der Waals surface area contributed by atoms with E-state index in [9.17, 15) is 8.39 Å². The van der Waals surface area contributed by atoms with E-state index in [-0.39, 0.29) is 29.6 Å². The maximum absolute atomic E-state index is 10.1. The van der Waals surface area contributed by atoms with E-state index in [2.05, 4.69) is 0 Å². The first kappa shape index (κ1) is 10.1. The molecule has 0 aromatic rings. The molecule has 2 nitrogen and oxygen atoms in total. The Morgan fingerprint density at radius 2 is 1.50 bits per heavy atom. The summed E-state index contributed by atoms with van der Waals surface area (Å²) >= 11 is 0. The van der Waals surface area contributed by atoms with Crippen LogP contribution in [0.15, 0.2) is 0 Å². The van der Waals surface area contributed by atoms with Crippen molar-refractivity contribution in [1.29, 1.82) is 0 Å². The summed E-state index contributed by atoms with van der Waals surface area (Å²) in [6.07, 6.45) is 0. The maximum Gasteiger partial charge on any atom is 0.549 e. The first-order chi connectivity index (χ1) is 2.00. The van der Waals surface area contributed by atoms with Crippen LogP contribution < -0.4 is 0 Å². The van der Waals surface area contributed by atoms with Gasteiger partial charge in [-0.25, -0.2) is 4.57 Å². The Morgan fingerprint density at radius 3 is 1.50 bits per heavy atom. The van der Waals surface area contributed by atoms with Crippen LogP contribution in [0.2, 0.25) is 0 Å². The molecule has 0 unspecified atom stereocenters. The fourth-order valence-corrected chi connectivity index (χ4v) is 0. The molecule has 0 saturated heterocycles. The summed E-state index contributed by atoms with van der Waals surface area (Å²) in [5.74, 6) is 0. The topological polar surface area (TPSA) is 37.3 Å². The molecule has 0 fully saturated rings. The normalized spacial score (nSPS) is 9.83. The van der Waals surface area contributed by atoms with Gasteiger partial charge >= 0.3 is 7.99 Å². The van der Waals surface area contributed by atoms with Crippen molar-refractivity contribution in [3.63, 3.8) is 0 Å². The standard InChI is InChI=1S/F2HO2P.Na/c1-5(2,3)4;/h(H,3,4);. The van der Waals surface area contributed by atoms with Gasteiger partial charge in [0.15, 0.2) is 0 Å². The summed E-state index contributed by atoms with van der Waals surface area (Å²) in [7, 11) is -5.64. The quantitative estimate of drug-likeness (QED) is 0.381. The fraction of sp³-hybridized carbons (Fsp3) is 0. The second-order valence-corrected chi connectivity index (χ2v) is 1.30. The van der Waals surface area contributed by atoms with E-state index in [1.807, 2.05) is 0 Å². The average molecular weight is 125 g/mol. The molecule has 0 aliphatic heterocycles. The Kier molecular flexibility index (Phi) is 5.24. The molecule has 1 N–H and O–H groups in total. The third-order valence-electron chi connectivity index (χ3n) is 0. The van der Waals surface area contributed by atoms with Crippen molar-refractivity contribution in [3.05, 3.63) is 0 Å². The van der Waals surface area contributed by atoms with Crippen molar-refractivity contribution in [2.24, 2.45) is 0 Å². The molecular formula is HF2NaO2P. The molecule has 0 aliphatic rings. The third-order valence-corrected chi connectivity index (χ3v) is 0. The largest absolute Gasteiger partial charge is 0.549 e. The van der Waals surface area contributed by atoms with E-state index in [4.69, 9.17) is 9.46 Å². The molecule has 6 heteroatoms. The summed E-state index contributed by atoms with van der Waals surface area (Å²) < 4.78 is 28.7. The van der Waals surface area contributed by atoms with Crippen molar-refractivity contribution in [1.82, 2.24) is 0 Å². The van der Waals surface area contributed by atoms with Crippen LogP contribution in [0.5, 0.6) is 0 Å². The van der Waals surface area contributed by atoms with Gasteiger partial charge in [-0.3, -0.25) is 4.89 Å². The van der Waals surface area contributed by atoms with Crippen LogP contribution >= 0.6 is 7.99 Å². The summed E-state index contributed by atoms with van der Waals surface area (Å²) in [5.41, 5.74) is 0. The minimum absolute atomic E-state index is 0. The van der Waals surface area contributed by atoms with Gasteiger partial charge < -0.3 is 0 Å². The van der Waals surface area contributed by atoms with E-state index >= 15 is 0 Å². The van der Waals surface area contributed by atoms with Crippen molar-refractivity contribution in [3.8, 4) is 0 Å². The first-order valence-electron chi connectivity index (χ1n) is 0.721. The van der Waals surface area contributed by atoms with Gasteiger partial charge in [-0.2, -0.15) is 0 Å². The molecule has 0 amide bonds. The van der Waals surface area contributed by atoms with Crippen LogP contribution in [0, 0.1) is 0 Å². The van der Waals surface area contributed by atoms with Gasteiger partial charge in [-0.15, -0.1) is 8.39 Å². The van der Waals surface area contributed by atoms with Gasteiger partial charge in [0.05, 0.1) is 0 Å². The minimum Gasteiger partial charge on any atom is -0.296 e. The molecule has 0 bridgehead atoms. The van der Waals surface area contributed by atoms with E-state index in [1.165, 1.54) is 0 Å². The maximum atomic E-state index is 10.1. The van der Waals surface area contributed by atoms with Crippen molar-refractivity contribution in [2.75, 3.05) is 0 Å². The molecule has 0 rings (SSSR count). The minimum atomic E-state index is -5.64. The fourth-order valence-electron chi connectivity index (χ4n) is 0. The van der Waals surface area contributed by atoms with Crippen LogP contribution in [0.4, 0.5) is 8.39 Å². The zero-order valence-corrected chi connectivity index (χ0v) is 5.95. The molecule has 0 atom stereocenters. The van der Waals surface area contributed by atoms with Gasteiger partial charge in [0.25, 0.3) is 0 Å². The van der Waals surface area contributed by atoms with Crippen molar-refractivity contribution >= 4 is 37.5 Å². The van der Waals surface area contributed by atoms with Crippen LogP contribution in [-0.4, -0.2) is 34.5 Å². The molecular weight excluding hydrogens is 124 g/mol. The summed E-state index contributed by atoms with van der Waals surface area (Å²) in [4.78, 5) is 6.74. The van der Waals surface area contributed by atoms with Crippen LogP contribution in [0.25, 0.3) is 0 Å². The van der Waals surface area contributed by atoms with E-state index in [1.54, 1.807) is 0 Å². The molecule has 0 aromatic carbocycles. The SMILES string of the molecule is O=P(O)(F)F.[Na]. The molecule has 0 saturated carbocycles. The molecule has 0 spiro atoms. The number of rotatable bonds is 0. The van der Waals surface area contributed by atoms with Crippen LogP contribution in [0.1, 0.15) is 0 Å². The second-order valence-electron chi connectivity index (χ2n) is 0.435. The van der Waals surface area contributed by atoms with E-state index < -0.39 is 7.99 Å². The predicted molar refractivity (Wildman–Crippen MR) is 17.8 cm³/mol. The molecule has 0 heterocycles. The van der Waals surface area contributed by atoms with Gasteiger partial charge in [-0.1, -0.05) is 0 Å². The number of hydrogen-bond donors (Lipinski definition) is 1. The van der Waals surface area contributed by atoms with Gasteiger partial charge in [0.1, 0.15) is 0 Å². The second kappa shape index (κ2) is 3.10. The smallest absolute Gasteiger partial charge is 0.296 e. The van der Waals surface area contributed by atoms with E-state index in [0.717, 1.165) is 0 Å². The van der Waals surface area contributed by atoms with Crippen molar-refractivity contribution < 1.29 is 17.9 Å². The number of halogens is 2. The Labute approximate surface area is 55.5 Å². The average Bonchev–Trinajstić information content (AvgIpc) is 0.722. The molecule has 1 radical (unpaired) electrons. The Hall–Kier alpha value is 1.05. The molecule has 6 heavy (non-hydrogen) atoms. The zero-order valence-electron chi connectivity index (χ0n) is 3.06. The predicted octanol–water partition coefficient (Wildman–Crippen LogP) is 0.645. The van der Waals surface area contributed by atoms with Gasteiger partial charge in [0.2, 0.25) is 0 Å². The Bertz CT molecular complexity index is 57.7. The van der Waals surface area contributed by atoms with E-state index in [0.29, 0.717) is 0 Å². The summed E-state index contributed by atoms with van der Waals surface area (Å²) in [6.45, 7) is 0. The third kappa shape index (κ3) is 75.1. The Balaban J connectivity index is 0. The molecule has 33 valence electrons. The summed E-state index contributed by atoms with van der Waals surface area (Å²) in [6, 6.07) is 0. The molecule has 0 aromatic heterocycles. The molecule has 0 aliphatic carbocycles. The number of hydrogen-bond acceptors (Lipinski definition) is 1. The van der Waals surface area contributed by atoms with Gasteiger partial charge in [0, 0.05) is 29.6 Å². The van der Waals surface area contributed by atoms with Crippen LogP contribution in [-0.2, 0) is 4.57 Å². The Morgan fingerprint density at radius 1 is 1.50 bits per heavy atom. The van der Waals surface area contributed by atoms with Gasteiger partial charge in [-0.05, 0) is 0 Å². The van der Waals surface area contributed by atoms with Crippen molar-refractivity contribution in [2.45, 2.75) is 0 Å². The summed E-state index contributed by atoms with van der Waals surface area (Å²) in [5, 5.41) is 0.